The van der Waals surface area contributed by atoms with Gasteiger partial charge < -0.3 is 4.52 Å². The largest absolute Gasteiger partial charge is 0.338 e. The molecule has 0 radical (unpaired) electrons. The molecule has 1 amide bonds. The average Bonchev–Trinajstić information content (AvgIpc) is 3.20. The highest BCUT2D eigenvalue weighted by Crippen LogP contribution is 2.29. The highest BCUT2D eigenvalue weighted by Gasteiger charge is 2.14. The molecule has 4 aromatic rings. The van der Waals surface area contributed by atoms with Gasteiger partial charge in [0.25, 0.3) is 0 Å². The van der Waals surface area contributed by atoms with Gasteiger partial charge in [-0.2, -0.15) is 0 Å². The van der Waals surface area contributed by atoms with Crippen LogP contribution in [0.2, 0.25) is 0 Å². The van der Waals surface area contributed by atoms with Crippen LogP contribution in [0.25, 0.3) is 15.2 Å². The number of fused-ring (bicyclic) bond motifs is 3. The lowest BCUT2D eigenvalue weighted by molar-refractivity contribution is -0.113. The Morgan fingerprint density at radius 3 is 3.09 bits per heavy atom. The number of thiazole rings is 1. The van der Waals surface area contributed by atoms with Crippen molar-refractivity contribution in [2.75, 3.05) is 11.1 Å². The molecule has 3 aromatic heterocycles. The Kier molecular flexibility index (Phi) is 3.50. The molecule has 0 spiro atoms. The maximum absolute atomic E-state index is 12.0. The maximum atomic E-state index is 12.0. The quantitative estimate of drug-likeness (QED) is 0.572. The monoisotopic (exact) mass is 345 g/mol. The van der Waals surface area contributed by atoms with Crippen LogP contribution in [0.1, 0.15) is 5.69 Å². The summed E-state index contributed by atoms with van der Waals surface area (Å²) in [5.41, 5.74) is 1.77. The number of thioether (sulfide) groups is 1. The number of hydrogen-bond acceptors (Lipinski definition) is 7. The molecular formula is C14H11N5O2S2. The molecule has 0 saturated heterocycles. The molecule has 9 heteroatoms. The molecule has 1 N–H and O–H groups in total. The molecule has 0 atom stereocenters. The Bertz CT molecular complexity index is 1000. The van der Waals surface area contributed by atoms with Crippen molar-refractivity contribution in [3.63, 3.8) is 0 Å². The van der Waals surface area contributed by atoms with Crippen LogP contribution in [0.4, 0.5) is 5.88 Å². The van der Waals surface area contributed by atoms with E-state index in [0.717, 1.165) is 20.9 Å². The van der Waals surface area contributed by atoms with Crippen LogP contribution in [0.5, 0.6) is 0 Å². The standard InChI is InChI=1S/C14H11N5O2S2/c1-8-6-12(21-18-8)15-11(20)7-22-13-16-17-14-19(13)9-4-2-3-5-10(9)23-14/h2-6H,7H2,1H3,(H,15,20). The number of nitrogens with zero attached hydrogens (tertiary/aromatic N) is 4. The lowest BCUT2D eigenvalue weighted by Gasteiger charge is -2.00. The molecular weight excluding hydrogens is 334 g/mol. The average molecular weight is 345 g/mol. The van der Waals surface area contributed by atoms with E-state index in [1.807, 2.05) is 28.7 Å². The van der Waals surface area contributed by atoms with E-state index in [2.05, 4.69) is 20.7 Å². The van der Waals surface area contributed by atoms with E-state index in [1.165, 1.54) is 11.8 Å². The second kappa shape index (κ2) is 5.67. The number of rotatable bonds is 4. The fourth-order valence-corrected chi connectivity index (χ4v) is 3.94. The van der Waals surface area contributed by atoms with E-state index in [-0.39, 0.29) is 11.7 Å². The maximum Gasteiger partial charge on any atom is 0.237 e. The topological polar surface area (TPSA) is 85.3 Å². The lowest BCUT2D eigenvalue weighted by Crippen LogP contribution is -2.13. The van der Waals surface area contributed by atoms with Crippen LogP contribution in [-0.4, -0.2) is 31.4 Å². The minimum atomic E-state index is -0.178. The third-order valence-corrected chi connectivity index (χ3v) is 5.07. The summed E-state index contributed by atoms with van der Waals surface area (Å²) < 4.78 is 8.07. The zero-order valence-corrected chi connectivity index (χ0v) is 13.6. The van der Waals surface area contributed by atoms with Gasteiger partial charge in [-0.15, -0.1) is 10.2 Å². The number of anilines is 1. The first-order valence-electron chi connectivity index (χ1n) is 6.79. The Balaban J connectivity index is 1.52. The van der Waals surface area contributed by atoms with Gasteiger partial charge in [0.05, 0.1) is 21.7 Å². The Labute approximate surface area is 138 Å². The van der Waals surface area contributed by atoms with Crippen molar-refractivity contribution in [2.45, 2.75) is 12.1 Å². The summed E-state index contributed by atoms with van der Waals surface area (Å²) in [5.74, 6) is 0.382. The Morgan fingerprint density at radius 2 is 2.26 bits per heavy atom. The molecule has 0 bridgehead atoms. The molecule has 4 rings (SSSR count). The van der Waals surface area contributed by atoms with Crippen molar-refractivity contribution < 1.29 is 9.32 Å². The highest BCUT2D eigenvalue weighted by atomic mass is 32.2. The van der Waals surface area contributed by atoms with E-state index < -0.39 is 0 Å². The van der Waals surface area contributed by atoms with Crippen molar-refractivity contribution in [3.8, 4) is 0 Å². The van der Waals surface area contributed by atoms with Gasteiger partial charge in [-0.25, -0.2) is 0 Å². The smallest absolute Gasteiger partial charge is 0.237 e. The number of para-hydroxylation sites is 1. The normalized spacial score (nSPS) is 11.3. The summed E-state index contributed by atoms with van der Waals surface area (Å²) in [6.45, 7) is 1.79. The van der Waals surface area contributed by atoms with E-state index in [1.54, 1.807) is 24.3 Å². The fraction of sp³-hybridized carbons (Fsp3) is 0.143. The van der Waals surface area contributed by atoms with Gasteiger partial charge >= 0.3 is 0 Å². The number of aryl methyl sites for hydroxylation is 1. The van der Waals surface area contributed by atoms with Gasteiger partial charge in [0.1, 0.15) is 0 Å². The Morgan fingerprint density at radius 1 is 1.39 bits per heavy atom. The number of hydrogen-bond donors (Lipinski definition) is 1. The van der Waals surface area contributed by atoms with Crippen molar-refractivity contribution >= 4 is 50.1 Å². The Hall–Kier alpha value is -2.39. The zero-order valence-electron chi connectivity index (χ0n) is 12.0. The van der Waals surface area contributed by atoms with Gasteiger partial charge in [0, 0.05) is 6.07 Å². The SMILES string of the molecule is Cc1cc(NC(=O)CSc2nnc3sc4ccccc4n23)on1. The molecule has 116 valence electrons. The lowest BCUT2D eigenvalue weighted by atomic mass is 10.3. The number of amides is 1. The van der Waals surface area contributed by atoms with Crippen LogP contribution >= 0.6 is 23.1 Å². The predicted molar refractivity (Wildman–Crippen MR) is 89.0 cm³/mol. The zero-order chi connectivity index (χ0) is 15.8. The first kappa shape index (κ1) is 14.2. The number of nitrogens with one attached hydrogen (secondary N) is 1. The van der Waals surface area contributed by atoms with Crippen LogP contribution in [-0.2, 0) is 4.79 Å². The first-order chi connectivity index (χ1) is 11.2. The first-order valence-corrected chi connectivity index (χ1v) is 8.59. The number of benzene rings is 1. The summed E-state index contributed by atoms with van der Waals surface area (Å²) in [6, 6.07) is 9.70. The van der Waals surface area contributed by atoms with Crippen LogP contribution in [0.15, 0.2) is 40.0 Å². The van der Waals surface area contributed by atoms with Gasteiger partial charge in [0.2, 0.25) is 16.8 Å². The molecule has 0 saturated carbocycles. The number of aromatic nitrogens is 4. The van der Waals surface area contributed by atoms with Gasteiger partial charge in [-0.1, -0.05) is 40.4 Å². The minimum absolute atomic E-state index is 0.178. The van der Waals surface area contributed by atoms with E-state index in [0.29, 0.717) is 11.0 Å². The third kappa shape index (κ3) is 2.68. The molecule has 0 unspecified atom stereocenters. The summed E-state index contributed by atoms with van der Waals surface area (Å²) >= 11 is 2.91. The summed E-state index contributed by atoms with van der Waals surface area (Å²) in [6.07, 6.45) is 0. The highest BCUT2D eigenvalue weighted by molar-refractivity contribution is 7.99. The molecule has 3 heterocycles. The molecule has 0 fully saturated rings. The minimum Gasteiger partial charge on any atom is -0.338 e. The van der Waals surface area contributed by atoms with Crippen LogP contribution in [0, 0.1) is 6.92 Å². The second-order valence-corrected chi connectivity index (χ2v) is 6.79. The number of carbonyl (C=O) groups excluding carboxylic acids is 1. The van der Waals surface area contributed by atoms with Crippen molar-refractivity contribution in [1.29, 1.82) is 0 Å². The molecule has 1 aromatic carbocycles. The van der Waals surface area contributed by atoms with Crippen molar-refractivity contribution in [1.82, 2.24) is 19.8 Å². The van der Waals surface area contributed by atoms with Crippen LogP contribution in [0.3, 0.4) is 0 Å². The summed E-state index contributed by atoms with van der Waals surface area (Å²) in [7, 11) is 0. The molecule has 7 nitrogen and oxygen atoms in total. The van der Waals surface area contributed by atoms with Gasteiger partial charge in [-0.05, 0) is 19.1 Å². The van der Waals surface area contributed by atoms with E-state index in [4.69, 9.17) is 4.52 Å². The molecule has 0 aliphatic rings. The second-order valence-electron chi connectivity index (χ2n) is 4.84. The number of carbonyl (C=O) groups is 1. The molecule has 0 aliphatic carbocycles. The van der Waals surface area contributed by atoms with Crippen molar-refractivity contribution in [2.24, 2.45) is 0 Å². The van der Waals surface area contributed by atoms with Crippen molar-refractivity contribution in [3.05, 3.63) is 36.0 Å². The fourth-order valence-electron chi connectivity index (χ4n) is 2.18. The van der Waals surface area contributed by atoms with E-state index >= 15 is 0 Å². The molecule has 0 aliphatic heterocycles. The predicted octanol–water partition coefficient (Wildman–Crippen LogP) is 2.97. The van der Waals surface area contributed by atoms with Gasteiger partial charge in [0.15, 0.2) is 5.16 Å². The van der Waals surface area contributed by atoms with E-state index in [9.17, 15) is 4.79 Å². The van der Waals surface area contributed by atoms with Crippen LogP contribution < -0.4 is 5.32 Å². The summed E-state index contributed by atoms with van der Waals surface area (Å²) in [5, 5.41) is 15.4. The third-order valence-electron chi connectivity index (χ3n) is 3.13. The molecule has 23 heavy (non-hydrogen) atoms. The summed E-state index contributed by atoms with van der Waals surface area (Å²) in [4.78, 5) is 12.8. The van der Waals surface area contributed by atoms with Gasteiger partial charge in [-0.3, -0.25) is 14.5 Å².